The van der Waals surface area contributed by atoms with E-state index in [-0.39, 0.29) is 5.82 Å². The van der Waals surface area contributed by atoms with E-state index in [1.165, 1.54) is 34.4 Å². The van der Waals surface area contributed by atoms with Gasteiger partial charge in [-0.15, -0.1) is 0 Å². The molecule has 0 aliphatic heterocycles. The van der Waals surface area contributed by atoms with Gasteiger partial charge < -0.3 is 0 Å². The van der Waals surface area contributed by atoms with Gasteiger partial charge in [-0.05, 0) is 55.2 Å². The van der Waals surface area contributed by atoms with Gasteiger partial charge in [-0.3, -0.25) is 0 Å². The van der Waals surface area contributed by atoms with Crippen molar-refractivity contribution in [2.24, 2.45) is 0 Å². The Morgan fingerprint density at radius 3 is 1.81 bits per heavy atom. The summed E-state index contributed by atoms with van der Waals surface area (Å²) in [5, 5.41) is 0. The summed E-state index contributed by atoms with van der Waals surface area (Å²) in [5.41, 5.74) is 6.04. The number of hydrogen-bond donors (Lipinski definition) is 0. The number of halogens is 1. The second-order valence-electron chi connectivity index (χ2n) is 4.28. The van der Waals surface area contributed by atoms with Gasteiger partial charge in [0, 0.05) is 0 Å². The van der Waals surface area contributed by atoms with E-state index >= 15 is 0 Å². The molecule has 0 aliphatic carbocycles. The Morgan fingerprint density at radius 1 is 0.812 bits per heavy atom. The fraction of sp³-hybridized carbons (Fsp3) is 0.200. The first kappa shape index (κ1) is 10.9. The summed E-state index contributed by atoms with van der Waals surface area (Å²) in [7, 11) is 0. The van der Waals surface area contributed by atoms with E-state index in [4.69, 9.17) is 0 Å². The maximum absolute atomic E-state index is 12.9. The fourth-order valence-electron chi connectivity index (χ4n) is 2.25. The van der Waals surface area contributed by atoms with Crippen molar-refractivity contribution in [1.82, 2.24) is 0 Å². The van der Waals surface area contributed by atoms with Crippen LogP contribution in [0.1, 0.15) is 16.7 Å². The van der Waals surface area contributed by atoms with Crippen LogP contribution in [0.3, 0.4) is 0 Å². The van der Waals surface area contributed by atoms with Gasteiger partial charge in [-0.2, -0.15) is 0 Å². The summed E-state index contributed by atoms with van der Waals surface area (Å²) in [4.78, 5) is 0. The Labute approximate surface area is 95.7 Å². The molecule has 0 aliphatic rings. The lowest BCUT2D eigenvalue weighted by molar-refractivity contribution is 0.628. The Morgan fingerprint density at radius 2 is 1.31 bits per heavy atom. The zero-order chi connectivity index (χ0) is 11.7. The summed E-state index contributed by atoms with van der Waals surface area (Å²) in [6.45, 7) is 6.28. The van der Waals surface area contributed by atoms with Crippen molar-refractivity contribution in [3.8, 4) is 11.1 Å². The van der Waals surface area contributed by atoms with E-state index in [1.807, 2.05) is 12.1 Å². The smallest absolute Gasteiger partial charge is 0.123 e. The highest BCUT2D eigenvalue weighted by molar-refractivity contribution is 5.71. The van der Waals surface area contributed by atoms with E-state index in [1.54, 1.807) is 0 Å². The van der Waals surface area contributed by atoms with Crippen LogP contribution in [0.4, 0.5) is 4.39 Å². The molecule has 0 unspecified atom stereocenters. The highest BCUT2D eigenvalue weighted by Gasteiger charge is 2.06. The minimum absolute atomic E-state index is 0.189. The maximum atomic E-state index is 12.9. The van der Waals surface area contributed by atoms with Crippen LogP contribution in [-0.2, 0) is 0 Å². The fourth-order valence-corrected chi connectivity index (χ4v) is 2.25. The minimum Gasteiger partial charge on any atom is -0.207 e. The average molecular weight is 214 g/mol. The lowest BCUT2D eigenvalue weighted by atomic mass is 9.94. The third-order valence-corrected chi connectivity index (χ3v) is 2.81. The molecule has 0 saturated heterocycles. The average Bonchev–Trinajstić information content (AvgIpc) is 2.19. The van der Waals surface area contributed by atoms with Gasteiger partial charge >= 0.3 is 0 Å². The van der Waals surface area contributed by atoms with Crippen LogP contribution in [-0.4, -0.2) is 0 Å². The van der Waals surface area contributed by atoms with Gasteiger partial charge in [0.05, 0.1) is 0 Å². The Bertz CT molecular complexity index is 486. The highest BCUT2D eigenvalue weighted by Crippen LogP contribution is 2.28. The SMILES string of the molecule is Cc1cc(C)c(-c2ccc(F)cc2)c(C)c1. The van der Waals surface area contributed by atoms with E-state index < -0.39 is 0 Å². The van der Waals surface area contributed by atoms with Crippen molar-refractivity contribution >= 4 is 0 Å². The molecule has 0 bridgehead atoms. The molecule has 1 heteroatoms. The van der Waals surface area contributed by atoms with Gasteiger partial charge in [0.25, 0.3) is 0 Å². The largest absolute Gasteiger partial charge is 0.207 e. The maximum Gasteiger partial charge on any atom is 0.123 e. The van der Waals surface area contributed by atoms with E-state index in [9.17, 15) is 4.39 Å². The molecular formula is C15H15F. The first-order valence-corrected chi connectivity index (χ1v) is 5.42. The van der Waals surface area contributed by atoms with Crippen molar-refractivity contribution in [3.63, 3.8) is 0 Å². The normalized spacial score (nSPS) is 10.5. The Kier molecular flexibility index (Phi) is 2.78. The zero-order valence-electron chi connectivity index (χ0n) is 9.84. The Balaban J connectivity index is 2.60. The van der Waals surface area contributed by atoms with Gasteiger partial charge in [0.2, 0.25) is 0 Å². The lowest BCUT2D eigenvalue weighted by Crippen LogP contribution is -1.90. The van der Waals surface area contributed by atoms with E-state index in [0.717, 1.165) is 5.56 Å². The molecule has 0 heterocycles. The van der Waals surface area contributed by atoms with Gasteiger partial charge in [-0.1, -0.05) is 29.8 Å². The van der Waals surface area contributed by atoms with E-state index in [0.29, 0.717) is 0 Å². The molecule has 2 aromatic carbocycles. The predicted molar refractivity (Wildman–Crippen MR) is 66.0 cm³/mol. The summed E-state index contributed by atoms with van der Waals surface area (Å²) in [5.74, 6) is -0.189. The van der Waals surface area contributed by atoms with Crippen LogP contribution in [0.25, 0.3) is 11.1 Å². The van der Waals surface area contributed by atoms with Gasteiger partial charge in [0.1, 0.15) is 5.82 Å². The topological polar surface area (TPSA) is 0 Å². The van der Waals surface area contributed by atoms with Crippen molar-refractivity contribution in [3.05, 3.63) is 58.9 Å². The molecular weight excluding hydrogens is 199 g/mol. The molecule has 2 rings (SSSR count). The van der Waals surface area contributed by atoms with Crippen LogP contribution in [0.2, 0.25) is 0 Å². The second kappa shape index (κ2) is 4.09. The number of benzene rings is 2. The molecule has 0 radical (unpaired) electrons. The minimum atomic E-state index is -0.189. The van der Waals surface area contributed by atoms with Gasteiger partial charge in [-0.25, -0.2) is 4.39 Å². The third-order valence-electron chi connectivity index (χ3n) is 2.81. The molecule has 16 heavy (non-hydrogen) atoms. The van der Waals surface area contributed by atoms with Gasteiger partial charge in [0.15, 0.2) is 0 Å². The molecule has 0 amide bonds. The molecule has 82 valence electrons. The molecule has 2 aromatic rings. The summed E-state index contributed by atoms with van der Waals surface area (Å²) < 4.78 is 12.9. The number of aryl methyl sites for hydroxylation is 3. The quantitative estimate of drug-likeness (QED) is 0.659. The van der Waals surface area contributed by atoms with Crippen LogP contribution < -0.4 is 0 Å². The standard InChI is InChI=1S/C15H15F/c1-10-8-11(2)15(12(3)9-10)13-4-6-14(16)7-5-13/h4-9H,1-3H3. The predicted octanol–water partition coefficient (Wildman–Crippen LogP) is 4.42. The first-order chi connectivity index (χ1) is 7.58. The monoisotopic (exact) mass is 214 g/mol. The second-order valence-corrected chi connectivity index (χ2v) is 4.28. The Hall–Kier alpha value is -1.63. The van der Waals surface area contributed by atoms with Crippen LogP contribution in [0.5, 0.6) is 0 Å². The summed E-state index contributed by atoms with van der Waals surface area (Å²) in [6, 6.07) is 11.0. The molecule has 0 saturated carbocycles. The summed E-state index contributed by atoms with van der Waals surface area (Å²) in [6.07, 6.45) is 0. The van der Waals surface area contributed by atoms with Crippen molar-refractivity contribution in [1.29, 1.82) is 0 Å². The molecule has 0 fully saturated rings. The molecule has 0 atom stereocenters. The summed E-state index contributed by atoms with van der Waals surface area (Å²) >= 11 is 0. The van der Waals surface area contributed by atoms with Crippen LogP contribution in [0.15, 0.2) is 36.4 Å². The highest BCUT2D eigenvalue weighted by atomic mass is 19.1. The molecule has 0 N–H and O–H groups in total. The molecule has 0 aromatic heterocycles. The van der Waals surface area contributed by atoms with Crippen molar-refractivity contribution in [2.75, 3.05) is 0 Å². The molecule has 0 spiro atoms. The molecule has 0 nitrogen and oxygen atoms in total. The first-order valence-electron chi connectivity index (χ1n) is 5.42. The number of rotatable bonds is 1. The van der Waals surface area contributed by atoms with E-state index in [2.05, 4.69) is 32.9 Å². The number of hydrogen-bond acceptors (Lipinski definition) is 0. The zero-order valence-corrected chi connectivity index (χ0v) is 9.84. The van der Waals surface area contributed by atoms with Crippen LogP contribution in [0, 0.1) is 26.6 Å². The van der Waals surface area contributed by atoms with Crippen molar-refractivity contribution < 1.29 is 4.39 Å². The lowest BCUT2D eigenvalue weighted by Gasteiger charge is -2.11. The van der Waals surface area contributed by atoms with Crippen molar-refractivity contribution in [2.45, 2.75) is 20.8 Å². The van der Waals surface area contributed by atoms with Crippen LogP contribution >= 0.6 is 0 Å². The third kappa shape index (κ3) is 1.99.